The van der Waals surface area contributed by atoms with Crippen LogP contribution in [0.2, 0.25) is 0 Å². The Labute approximate surface area is 158 Å². The molecule has 7 atom stereocenters. The van der Waals surface area contributed by atoms with Crippen molar-refractivity contribution in [1.82, 2.24) is 10.6 Å². The first-order valence-corrected chi connectivity index (χ1v) is 9.34. The van der Waals surface area contributed by atoms with E-state index in [9.17, 15) is 19.2 Å². The van der Waals surface area contributed by atoms with Gasteiger partial charge >= 0.3 is 11.9 Å². The molecule has 4 N–H and O–H groups in total. The van der Waals surface area contributed by atoms with Gasteiger partial charge in [0.2, 0.25) is 5.91 Å². The number of hydrogen-bond donors (Lipinski definition) is 3. The topological polar surface area (TPSA) is 137 Å². The molecule has 0 aromatic heterocycles. The van der Waals surface area contributed by atoms with E-state index in [0.717, 1.165) is 6.42 Å². The van der Waals surface area contributed by atoms with E-state index in [4.69, 9.17) is 15.2 Å². The third-order valence-corrected chi connectivity index (χ3v) is 5.36. The molecule has 1 aliphatic carbocycles. The van der Waals surface area contributed by atoms with Gasteiger partial charge in [-0.15, -0.1) is 0 Å². The summed E-state index contributed by atoms with van der Waals surface area (Å²) in [6.45, 7) is 5.41. The van der Waals surface area contributed by atoms with Crippen molar-refractivity contribution < 1.29 is 28.7 Å². The van der Waals surface area contributed by atoms with Crippen molar-refractivity contribution in [1.29, 1.82) is 0 Å². The van der Waals surface area contributed by atoms with Crippen LogP contribution in [0, 0.1) is 17.8 Å². The minimum Gasteiger partial charge on any atom is -0.467 e. The van der Waals surface area contributed by atoms with Crippen molar-refractivity contribution in [2.45, 2.75) is 64.3 Å². The summed E-state index contributed by atoms with van der Waals surface area (Å²) < 4.78 is 9.75. The normalized spacial score (nSPS) is 29.4. The first-order valence-electron chi connectivity index (χ1n) is 9.34. The summed E-state index contributed by atoms with van der Waals surface area (Å²) in [7, 11) is 1.25. The Bertz CT molecular complexity index is 608. The molecule has 27 heavy (non-hydrogen) atoms. The molecule has 1 saturated carbocycles. The summed E-state index contributed by atoms with van der Waals surface area (Å²) in [6.07, 6.45) is 1.07. The molecule has 9 nitrogen and oxygen atoms in total. The summed E-state index contributed by atoms with van der Waals surface area (Å²) in [6, 6.07) is -1.67. The Morgan fingerprint density at radius 2 is 2.00 bits per heavy atom. The fraction of sp³-hybridized carbons (Fsp3) is 0.778. The van der Waals surface area contributed by atoms with Gasteiger partial charge in [-0.25, -0.2) is 4.79 Å². The van der Waals surface area contributed by atoms with Gasteiger partial charge in [-0.05, 0) is 31.6 Å². The molecular formula is C18H29N3O6. The molecule has 7 unspecified atom stereocenters. The number of hydrogen-bond acceptors (Lipinski definition) is 7. The summed E-state index contributed by atoms with van der Waals surface area (Å²) in [4.78, 5) is 47.7. The first kappa shape index (κ1) is 21.1. The van der Waals surface area contributed by atoms with Gasteiger partial charge in [0.15, 0.2) is 6.10 Å². The lowest BCUT2D eigenvalue weighted by Gasteiger charge is -2.37. The van der Waals surface area contributed by atoms with Crippen molar-refractivity contribution >= 4 is 23.8 Å². The zero-order chi connectivity index (χ0) is 20.3. The average molecular weight is 383 g/mol. The average Bonchev–Trinajstić information content (AvgIpc) is 3.34. The predicted octanol–water partition coefficient (Wildman–Crippen LogP) is -0.526. The number of rotatable bonds is 9. The van der Waals surface area contributed by atoms with E-state index in [1.54, 1.807) is 0 Å². The molecule has 0 aromatic rings. The molecule has 0 aromatic carbocycles. The zero-order valence-corrected chi connectivity index (χ0v) is 16.2. The largest absolute Gasteiger partial charge is 0.467 e. The van der Waals surface area contributed by atoms with Crippen LogP contribution in [-0.2, 0) is 28.7 Å². The van der Waals surface area contributed by atoms with E-state index in [-0.39, 0.29) is 29.8 Å². The summed E-state index contributed by atoms with van der Waals surface area (Å²) in [5.74, 6) is -1.92. The molecule has 2 rings (SSSR count). The van der Waals surface area contributed by atoms with Gasteiger partial charge in [-0.2, -0.15) is 0 Å². The third-order valence-electron chi connectivity index (χ3n) is 5.36. The molecule has 0 spiro atoms. The lowest BCUT2D eigenvalue weighted by molar-refractivity contribution is -0.193. The minimum absolute atomic E-state index is 0.0317. The number of methoxy groups -OCH3 is 1. The van der Waals surface area contributed by atoms with Crippen LogP contribution in [-0.4, -0.2) is 55.1 Å². The molecule has 0 radical (unpaired) electrons. The number of esters is 2. The first-order chi connectivity index (χ1) is 12.7. The number of nitrogens with two attached hydrogens (primary N) is 1. The number of nitrogens with one attached hydrogen (secondary N) is 2. The van der Waals surface area contributed by atoms with Gasteiger partial charge in [-0.1, -0.05) is 20.3 Å². The summed E-state index contributed by atoms with van der Waals surface area (Å²) in [5.41, 5.74) is 5.52. The highest BCUT2D eigenvalue weighted by Gasteiger charge is 2.51. The van der Waals surface area contributed by atoms with Crippen LogP contribution >= 0.6 is 0 Å². The van der Waals surface area contributed by atoms with Gasteiger partial charge in [0.25, 0.3) is 5.91 Å². The molecule has 2 amide bonds. The second-order valence-electron chi connectivity index (χ2n) is 7.49. The van der Waals surface area contributed by atoms with Crippen LogP contribution in [0.15, 0.2) is 0 Å². The second kappa shape index (κ2) is 8.69. The van der Waals surface area contributed by atoms with Crippen LogP contribution in [0.5, 0.6) is 0 Å². The fourth-order valence-corrected chi connectivity index (χ4v) is 3.24. The molecular weight excluding hydrogens is 354 g/mol. The Kier molecular flexibility index (Phi) is 6.80. The maximum atomic E-state index is 12.4. The predicted molar refractivity (Wildman–Crippen MR) is 95.1 cm³/mol. The third kappa shape index (κ3) is 4.97. The Hall–Kier alpha value is -2.16. The Balaban J connectivity index is 1.85. The fourth-order valence-electron chi connectivity index (χ4n) is 3.24. The summed E-state index contributed by atoms with van der Waals surface area (Å²) >= 11 is 0. The van der Waals surface area contributed by atoms with E-state index in [1.165, 1.54) is 14.0 Å². The lowest BCUT2D eigenvalue weighted by atomic mass is 9.83. The monoisotopic (exact) mass is 383 g/mol. The maximum Gasteiger partial charge on any atom is 0.328 e. The standard InChI is InChI=1S/C18H29N3O6/c1-5-8(2)13-14(27-18(13)25)16(23)20-11-6-10(11)7-12(17(24)26-4)21-15(22)9(3)19/h8-14H,5-7,19H2,1-4H3,(H,20,23)(H,21,22). The second-order valence-corrected chi connectivity index (χ2v) is 7.49. The van der Waals surface area contributed by atoms with Gasteiger partial charge in [0.05, 0.1) is 13.2 Å². The number of amides is 2. The van der Waals surface area contributed by atoms with Crippen LogP contribution in [0.4, 0.5) is 0 Å². The van der Waals surface area contributed by atoms with E-state index in [2.05, 4.69) is 10.6 Å². The van der Waals surface area contributed by atoms with Crippen LogP contribution in [0.25, 0.3) is 0 Å². The van der Waals surface area contributed by atoms with Crippen molar-refractivity contribution in [2.24, 2.45) is 23.5 Å². The molecule has 1 heterocycles. The molecule has 2 aliphatic rings. The van der Waals surface area contributed by atoms with Crippen LogP contribution < -0.4 is 16.4 Å². The molecule has 1 saturated heterocycles. The number of carbonyl (C=O) groups excluding carboxylic acids is 4. The van der Waals surface area contributed by atoms with Crippen molar-refractivity contribution in [3.8, 4) is 0 Å². The molecule has 152 valence electrons. The van der Waals surface area contributed by atoms with Gasteiger partial charge < -0.3 is 25.8 Å². The summed E-state index contributed by atoms with van der Waals surface area (Å²) in [5, 5.41) is 5.44. The van der Waals surface area contributed by atoms with Crippen molar-refractivity contribution in [3.05, 3.63) is 0 Å². The maximum absolute atomic E-state index is 12.4. The van der Waals surface area contributed by atoms with Crippen molar-refractivity contribution in [3.63, 3.8) is 0 Å². The Morgan fingerprint density at radius 1 is 1.33 bits per heavy atom. The number of carbonyl (C=O) groups is 4. The van der Waals surface area contributed by atoms with E-state index >= 15 is 0 Å². The van der Waals surface area contributed by atoms with Gasteiger partial charge in [0.1, 0.15) is 12.0 Å². The molecule has 1 aliphatic heterocycles. The van der Waals surface area contributed by atoms with E-state index < -0.39 is 36.0 Å². The minimum atomic E-state index is -0.810. The molecule has 2 fully saturated rings. The quantitative estimate of drug-likeness (QED) is 0.455. The van der Waals surface area contributed by atoms with E-state index in [0.29, 0.717) is 12.8 Å². The highest BCUT2D eigenvalue weighted by molar-refractivity contribution is 5.94. The lowest BCUT2D eigenvalue weighted by Crippen LogP contribution is -2.56. The highest BCUT2D eigenvalue weighted by atomic mass is 16.6. The SMILES string of the molecule is CCC(C)C1C(=O)OC1C(=O)NC1CC1CC(NC(=O)C(C)N)C(=O)OC. The highest BCUT2D eigenvalue weighted by Crippen LogP contribution is 2.37. The van der Waals surface area contributed by atoms with Crippen molar-refractivity contribution in [2.75, 3.05) is 7.11 Å². The number of cyclic esters (lactones) is 1. The number of ether oxygens (including phenoxy) is 2. The Morgan fingerprint density at radius 3 is 2.52 bits per heavy atom. The molecule has 9 heteroatoms. The van der Waals surface area contributed by atoms with E-state index in [1.807, 2.05) is 13.8 Å². The van der Waals surface area contributed by atoms with Gasteiger partial charge in [0, 0.05) is 6.04 Å². The van der Waals surface area contributed by atoms with Crippen LogP contribution in [0.3, 0.4) is 0 Å². The van der Waals surface area contributed by atoms with Gasteiger partial charge in [-0.3, -0.25) is 14.4 Å². The zero-order valence-electron chi connectivity index (χ0n) is 16.2. The smallest absolute Gasteiger partial charge is 0.328 e. The van der Waals surface area contributed by atoms with Crippen LogP contribution in [0.1, 0.15) is 40.0 Å². The molecule has 0 bridgehead atoms.